The minimum atomic E-state index is -0.853. The first-order chi connectivity index (χ1) is 8.90. The molecule has 0 radical (unpaired) electrons. The summed E-state index contributed by atoms with van der Waals surface area (Å²) in [5.74, 6) is -0.498. The van der Waals surface area contributed by atoms with Crippen molar-refractivity contribution >= 4 is 23.2 Å². The van der Waals surface area contributed by atoms with E-state index in [-0.39, 0.29) is 5.02 Å². The van der Waals surface area contributed by atoms with Gasteiger partial charge >= 0.3 is 0 Å². The van der Waals surface area contributed by atoms with E-state index in [4.69, 9.17) is 23.2 Å². The van der Waals surface area contributed by atoms with Crippen LogP contribution in [-0.2, 0) is 0 Å². The van der Waals surface area contributed by atoms with Crippen LogP contribution in [0.1, 0.15) is 28.4 Å². The number of hydrogen-bond acceptors (Lipinski definition) is 1. The van der Waals surface area contributed by atoms with Crippen molar-refractivity contribution in [2.45, 2.75) is 20.0 Å². The summed E-state index contributed by atoms with van der Waals surface area (Å²) in [4.78, 5) is 0. The number of hydrogen-bond donors (Lipinski definition) is 1. The van der Waals surface area contributed by atoms with Crippen LogP contribution < -0.4 is 0 Å². The number of halogens is 3. The normalized spacial score (nSPS) is 12.5. The summed E-state index contributed by atoms with van der Waals surface area (Å²) in [6, 6.07) is 7.85. The third-order valence-corrected chi connectivity index (χ3v) is 3.80. The average molecular weight is 299 g/mol. The maximum absolute atomic E-state index is 13.1. The van der Waals surface area contributed by atoms with Gasteiger partial charge in [0.25, 0.3) is 0 Å². The molecule has 2 rings (SSSR count). The van der Waals surface area contributed by atoms with Crippen LogP contribution in [0.25, 0.3) is 0 Å². The lowest BCUT2D eigenvalue weighted by atomic mass is 9.96. The second-order valence-electron chi connectivity index (χ2n) is 4.53. The SMILES string of the molecule is Cc1cc(C(O)c2ccc(F)c(Cl)c2)c(C)cc1Cl. The molecule has 2 aromatic rings. The van der Waals surface area contributed by atoms with Gasteiger partial charge in [0.15, 0.2) is 0 Å². The molecule has 2 aromatic carbocycles. The zero-order valence-corrected chi connectivity index (χ0v) is 12.1. The maximum Gasteiger partial charge on any atom is 0.141 e. The first-order valence-electron chi connectivity index (χ1n) is 5.80. The standard InChI is InChI=1S/C15H13Cl2FO/c1-8-6-12(16)9(2)5-11(8)15(19)10-3-4-14(18)13(17)7-10/h3-7,15,19H,1-2H3. The van der Waals surface area contributed by atoms with E-state index in [1.807, 2.05) is 19.9 Å². The minimum Gasteiger partial charge on any atom is -0.384 e. The molecule has 1 N–H and O–H groups in total. The Morgan fingerprint density at radius 3 is 2.32 bits per heavy atom. The Morgan fingerprint density at radius 2 is 1.68 bits per heavy atom. The second-order valence-corrected chi connectivity index (χ2v) is 5.35. The lowest BCUT2D eigenvalue weighted by Gasteiger charge is -2.16. The highest BCUT2D eigenvalue weighted by atomic mass is 35.5. The largest absolute Gasteiger partial charge is 0.384 e. The molecule has 4 heteroatoms. The molecule has 1 unspecified atom stereocenters. The lowest BCUT2D eigenvalue weighted by Crippen LogP contribution is -2.03. The van der Waals surface area contributed by atoms with Gasteiger partial charge in [-0.2, -0.15) is 0 Å². The van der Waals surface area contributed by atoms with Crippen LogP contribution >= 0.6 is 23.2 Å². The summed E-state index contributed by atoms with van der Waals surface area (Å²) in [6.07, 6.45) is -0.853. The molecule has 0 aliphatic rings. The van der Waals surface area contributed by atoms with E-state index in [1.165, 1.54) is 18.2 Å². The Bertz CT molecular complexity index is 626. The molecular weight excluding hydrogens is 286 g/mol. The van der Waals surface area contributed by atoms with Crippen molar-refractivity contribution in [1.82, 2.24) is 0 Å². The summed E-state index contributed by atoms with van der Waals surface area (Å²) in [7, 11) is 0. The molecule has 0 bridgehead atoms. The first-order valence-corrected chi connectivity index (χ1v) is 6.55. The van der Waals surface area contributed by atoms with Crippen LogP contribution in [0.4, 0.5) is 4.39 Å². The van der Waals surface area contributed by atoms with E-state index in [9.17, 15) is 9.50 Å². The Morgan fingerprint density at radius 1 is 1.00 bits per heavy atom. The maximum atomic E-state index is 13.1. The molecule has 0 aromatic heterocycles. The van der Waals surface area contributed by atoms with Crippen LogP contribution in [0, 0.1) is 19.7 Å². The summed E-state index contributed by atoms with van der Waals surface area (Å²) in [6.45, 7) is 3.74. The number of aryl methyl sites for hydroxylation is 2. The zero-order chi connectivity index (χ0) is 14.2. The predicted octanol–water partition coefficient (Wildman–Crippen LogP) is 4.83. The van der Waals surface area contributed by atoms with Gasteiger partial charge in [0, 0.05) is 5.02 Å². The van der Waals surface area contributed by atoms with Gasteiger partial charge in [-0.25, -0.2) is 4.39 Å². The molecule has 0 spiro atoms. The van der Waals surface area contributed by atoms with Gasteiger partial charge in [-0.1, -0.05) is 35.3 Å². The number of aliphatic hydroxyl groups is 1. The molecule has 1 nitrogen and oxygen atoms in total. The van der Waals surface area contributed by atoms with Gasteiger partial charge in [0.2, 0.25) is 0 Å². The fourth-order valence-electron chi connectivity index (χ4n) is 1.96. The highest BCUT2D eigenvalue weighted by Gasteiger charge is 2.15. The topological polar surface area (TPSA) is 20.2 Å². The third kappa shape index (κ3) is 2.92. The van der Waals surface area contributed by atoms with E-state index in [2.05, 4.69) is 0 Å². The van der Waals surface area contributed by atoms with E-state index < -0.39 is 11.9 Å². The Balaban J connectivity index is 2.46. The summed E-state index contributed by atoms with van der Waals surface area (Å²) < 4.78 is 13.1. The highest BCUT2D eigenvalue weighted by molar-refractivity contribution is 6.31. The summed E-state index contributed by atoms with van der Waals surface area (Å²) in [5, 5.41) is 11.0. The van der Waals surface area contributed by atoms with E-state index in [1.54, 1.807) is 6.07 Å². The summed E-state index contributed by atoms with van der Waals surface area (Å²) >= 11 is 11.8. The van der Waals surface area contributed by atoms with Gasteiger partial charge < -0.3 is 5.11 Å². The van der Waals surface area contributed by atoms with Crippen LogP contribution in [0.3, 0.4) is 0 Å². The fraction of sp³-hybridized carbons (Fsp3) is 0.200. The van der Waals surface area contributed by atoms with Gasteiger partial charge in [-0.3, -0.25) is 0 Å². The van der Waals surface area contributed by atoms with Crippen molar-refractivity contribution in [3.63, 3.8) is 0 Å². The van der Waals surface area contributed by atoms with Gasteiger partial charge in [-0.15, -0.1) is 0 Å². The highest BCUT2D eigenvalue weighted by Crippen LogP contribution is 2.30. The van der Waals surface area contributed by atoms with Crippen LogP contribution in [0.15, 0.2) is 30.3 Å². The van der Waals surface area contributed by atoms with Crippen LogP contribution in [0.5, 0.6) is 0 Å². The lowest BCUT2D eigenvalue weighted by molar-refractivity contribution is 0.219. The van der Waals surface area contributed by atoms with Crippen molar-refractivity contribution in [3.8, 4) is 0 Å². The number of aliphatic hydroxyl groups excluding tert-OH is 1. The Kier molecular flexibility index (Phi) is 4.14. The molecule has 100 valence electrons. The molecule has 19 heavy (non-hydrogen) atoms. The average Bonchev–Trinajstić information content (AvgIpc) is 2.36. The second kappa shape index (κ2) is 5.49. The smallest absolute Gasteiger partial charge is 0.141 e. The third-order valence-electron chi connectivity index (χ3n) is 3.10. The molecule has 0 heterocycles. The minimum absolute atomic E-state index is 0.000103. The van der Waals surface area contributed by atoms with Crippen LogP contribution in [0.2, 0.25) is 10.0 Å². The van der Waals surface area contributed by atoms with Crippen molar-refractivity contribution in [1.29, 1.82) is 0 Å². The summed E-state index contributed by atoms with van der Waals surface area (Å²) in [5.41, 5.74) is 3.05. The zero-order valence-electron chi connectivity index (χ0n) is 10.5. The number of benzene rings is 2. The molecule has 0 aliphatic carbocycles. The van der Waals surface area contributed by atoms with E-state index in [0.717, 1.165) is 16.7 Å². The number of rotatable bonds is 2. The quantitative estimate of drug-likeness (QED) is 0.842. The van der Waals surface area contributed by atoms with Crippen LogP contribution in [-0.4, -0.2) is 5.11 Å². The predicted molar refractivity (Wildman–Crippen MR) is 76.4 cm³/mol. The van der Waals surface area contributed by atoms with Crippen molar-refractivity contribution in [2.75, 3.05) is 0 Å². The van der Waals surface area contributed by atoms with Crippen molar-refractivity contribution in [2.24, 2.45) is 0 Å². The van der Waals surface area contributed by atoms with E-state index >= 15 is 0 Å². The van der Waals surface area contributed by atoms with Crippen molar-refractivity contribution < 1.29 is 9.50 Å². The molecule has 0 aliphatic heterocycles. The Hall–Kier alpha value is -1.09. The molecule has 0 amide bonds. The fourth-order valence-corrected chi connectivity index (χ4v) is 2.37. The molecule has 1 atom stereocenters. The molecular formula is C15H13Cl2FO. The first kappa shape index (κ1) is 14.3. The molecule has 0 fully saturated rings. The molecule has 0 saturated carbocycles. The van der Waals surface area contributed by atoms with Crippen molar-refractivity contribution in [3.05, 3.63) is 68.4 Å². The van der Waals surface area contributed by atoms with Gasteiger partial charge in [0.05, 0.1) is 5.02 Å². The van der Waals surface area contributed by atoms with Gasteiger partial charge in [-0.05, 0) is 54.3 Å². The monoisotopic (exact) mass is 298 g/mol. The van der Waals surface area contributed by atoms with E-state index in [0.29, 0.717) is 10.6 Å². The molecule has 0 saturated heterocycles. The Labute approximate surface area is 121 Å². The van der Waals surface area contributed by atoms with Gasteiger partial charge in [0.1, 0.15) is 11.9 Å².